The first-order valence-corrected chi connectivity index (χ1v) is 7.24. The Kier molecular flexibility index (Phi) is 5.13. The molecular weight excluding hydrogens is 298 g/mol. The van der Waals surface area contributed by atoms with Gasteiger partial charge >= 0.3 is 6.09 Å². The molecule has 0 bridgehead atoms. The van der Waals surface area contributed by atoms with Crippen LogP contribution in [0.3, 0.4) is 0 Å². The number of hydrogen-bond donors (Lipinski definition) is 3. The predicted molar refractivity (Wildman–Crippen MR) is 84.1 cm³/mol. The third-order valence-corrected chi connectivity index (χ3v) is 3.75. The summed E-state index contributed by atoms with van der Waals surface area (Å²) in [7, 11) is 0. The van der Waals surface area contributed by atoms with Crippen molar-refractivity contribution in [2.24, 2.45) is 0 Å². The predicted octanol–water partition coefficient (Wildman–Crippen LogP) is 0.841. The molecular formula is C16H19N3O4. The largest absolute Gasteiger partial charge is 0.465 e. The summed E-state index contributed by atoms with van der Waals surface area (Å²) < 4.78 is 0. The lowest BCUT2D eigenvalue weighted by atomic mass is 9.90. The van der Waals surface area contributed by atoms with E-state index in [1.807, 2.05) is 0 Å². The van der Waals surface area contributed by atoms with Crippen molar-refractivity contribution < 1.29 is 19.5 Å². The van der Waals surface area contributed by atoms with Crippen LogP contribution < -0.4 is 10.6 Å². The summed E-state index contributed by atoms with van der Waals surface area (Å²) in [5.41, 5.74) is -0.774. The molecule has 0 aliphatic carbocycles. The van der Waals surface area contributed by atoms with Crippen molar-refractivity contribution in [1.82, 2.24) is 15.5 Å². The molecule has 7 heteroatoms. The maximum absolute atomic E-state index is 12.8. The number of piperazine rings is 1. The number of hydrogen-bond acceptors (Lipinski definition) is 4. The topological polar surface area (TPSA) is 98.7 Å². The summed E-state index contributed by atoms with van der Waals surface area (Å²) in [5.74, 6) is -0.841. The molecule has 3 N–H and O–H groups in total. The fourth-order valence-electron chi connectivity index (χ4n) is 2.62. The van der Waals surface area contributed by atoms with Crippen molar-refractivity contribution >= 4 is 17.9 Å². The molecule has 1 atom stereocenters. The summed E-state index contributed by atoms with van der Waals surface area (Å²) in [6.07, 6.45) is 0.518. The Morgan fingerprint density at radius 3 is 2.70 bits per heavy atom. The zero-order valence-electron chi connectivity index (χ0n) is 12.6. The van der Waals surface area contributed by atoms with Gasteiger partial charge in [0.15, 0.2) is 0 Å². The maximum Gasteiger partial charge on any atom is 0.404 e. The Bertz CT molecular complexity index is 617. The molecule has 23 heavy (non-hydrogen) atoms. The van der Waals surface area contributed by atoms with Gasteiger partial charge in [-0.1, -0.05) is 24.3 Å². The fourth-order valence-corrected chi connectivity index (χ4v) is 2.62. The molecule has 0 radical (unpaired) electrons. The molecule has 0 aromatic heterocycles. The Balaban J connectivity index is 2.25. The van der Waals surface area contributed by atoms with E-state index in [0.717, 1.165) is 0 Å². The average Bonchev–Trinajstić information content (AvgIpc) is 2.56. The van der Waals surface area contributed by atoms with Gasteiger partial charge in [-0.2, -0.15) is 0 Å². The van der Waals surface area contributed by atoms with E-state index in [1.54, 1.807) is 30.3 Å². The zero-order valence-corrected chi connectivity index (χ0v) is 12.6. The van der Waals surface area contributed by atoms with Crippen LogP contribution in [0.2, 0.25) is 0 Å². The molecule has 3 amide bonds. The third kappa shape index (κ3) is 3.57. The summed E-state index contributed by atoms with van der Waals surface area (Å²) in [6.45, 7) is 4.11. The molecule has 0 unspecified atom stereocenters. The van der Waals surface area contributed by atoms with Crippen LogP contribution in [-0.4, -0.2) is 53.1 Å². The van der Waals surface area contributed by atoms with Gasteiger partial charge in [0.05, 0.1) is 0 Å². The van der Waals surface area contributed by atoms with Crippen molar-refractivity contribution in [3.05, 3.63) is 48.6 Å². The highest BCUT2D eigenvalue weighted by atomic mass is 16.4. The van der Waals surface area contributed by atoms with Crippen LogP contribution in [0, 0.1) is 0 Å². The number of imide groups is 1. The molecule has 1 aromatic rings. The van der Waals surface area contributed by atoms with E-state index in [-0.39, 0.29) is 25.4 Å². The molecule has 1 aliphatic heterocycles. The van der Waals surface area contributed by atoms with Crippen molar-refractivity contribution in [2.45, 2.75) is 12.0 Å². The normalized spacial score (nSPS) is 20.9. The highest BCUT2D eigenvalue weighted by Gasteiger charge is 2.45. The number of carbonyl (C=O) groups is 3. The molecule has 1 fully saturated rings. The van der Waals surface area contributed by atoms with Gasteiger partial charge in [-0.25, -0.2) is 4.79 Å². The summed E-state index contributed by atoms with van der Waals surface area (Å²) >= 11 is 0. The van der Waals surface area contributed by atoms with E-state index in [9.17, 15) is 14.4 Å². The second kappa shape index (κ2) is 7.06. The van der Waals surface area contributed by atoms with Crippen LogP contribution >= 0.6 is 0 Å². The fraction of sp³-hybridized carbons (Fsp3) is 0.312. The minimum Gasteiger partial charge on any atom is -0.465 e. The molecule has 122 valence electrons. The Labute approximate surface area is 134 Å². The van der Waals surface area contributed by atoms with Crippen LogP contribution in [-0.2, 0) is 4.79 Å². The van der Waals surface area contributed by atoms with Crippen LogP contribution in [0.4, 0.5) is 4.79 Å². The van der Waals surface area contributed by atoms with Gasteiger partial charge in [0.25, 0.3) is 11.8 Å². The number of benzene rings is 1. The van der Waals surface area contributed by atoms with Gasteiger partial charge in [0, 0.05) is 25.2 Å². The highest BCUT2D eigenvalue weighted by molar-refractivity contribution is 6.08. The van der Waals surface area contributed by atoms with Crippen molar-refractivity contribution in [1.29, 1.82) is 0 Å². The monoisotopic (exact) mass is 317 g/mol. The maximum atomic E-state index is 12.8. The average molecular weight is 317 g/mol. The molecule has 2 rings (SSSR count). The van der Waals surface area contributed by atoms with Crippen LogP contribution in [0.5, 0.6) is 0 Å². The van der Waals surface area contributed by atoms with Gasteiger partial charge in [-0.15, -0.1) is 6.58 Å². The Morgan fingerprint density at radius 2 is 2.09 bits per heavy atom. The van der Waals surface area contributed by atoms with Gasteiger partial charge in [0.1, 0.15) is 5.54 Å². The first-order chi connectivity index (χ1) is 11.0. The molecule has 1 aliphatic rings. The van der Waals surface area contributed by atoms with E-state index in [1.165, 1.54) is 11.0 Å². The summed E-state index contributed by atoms with van der Waals surface area (Å²) in [5, 5.41) is 14.1. The van der Waals surface area contributed by atoms with E-state index in [2.05, 4.69) is 17.2 Å². The van der Waals surface area contributed by atoms with Crippen molar-refractivity contribution in [2.75, 3.05) is 19.6 Å². The molecule has 0 saturated carbocycles. The minimum atomic E-state index is -1.23. The van der Waals surface area contributed by atoms with Crippen LogP contribution in [0.1, 0.15) is 16.8 Å². The SMILES string of the molecule is C=CC[C@]1(CNC(=O)O)NCCN(C(=O)c2ccccc2)C1=O. The minimum absolute atomic E-state index is 0.133. The Hall–Kier alpha value is -2.67. The number of carbonyl (C=O) groups excluding carboxylic acids is 2. The second-order valence-corrected chi connectivity index (χ2v) is 5.29. The number of amides is 3. The highest BCUT2D eigenvalue weighted by Crippen LogP contribution is 2.20. The smallest absolute Gasteiger partial charge is 0.404 e. The van der Waals surface area contributed by atoms with E-state index in [4.69, 9.17) is 5.11 Å². The lowest BCUT2D eigenvalue weighted by molar-refractivity contribution is -0.138. The molecule has 1 aromatic carbocycles. The quantitative estimate of drug-likeness (QED) is 0.552. The number of rotatable bonds is 5. The molecule has 0 spiro atoms. The first kappa shape index (κ1) is 16.7. The van der Waals surface area contributed by atoms with Gasteiger partial charge in [0.2, 0.25) is 0 Å². The lowest BCUT2D eigenvalue weighted by Crippen LogP contribution is -2.69. The third-order valence-electron chi connectivity index (χ3n) is 3.75. The van der Waals surface area contributed by atoms with Gasteiger partial charge in [-0.05, 0) is 18.6 Å². The standard InChI is InChI=1S/C16H19N3O4/c1-2-8-16(11-17-15(22)23)14(21)19(10-9-18-16)13(20)12-6-4-3-5-7-12/h2-7,17-18H,1,8-11H2,(H,22,23)/t16-/m1/s1. The summed E-state index contributed by atoms with van der Waals surface area (Å²) in [6, 6.07) is 8.52. The zero-order chi connectivity index (χ0) is 16.9. The van der Waals surface area contributed by atoms with Gasteiger partial charge in [-0.3, -0.25) is 19.8 Å². The van der Waals surface area contributed by atoms with Crippen molar-refractivity contribution in [3.63, 3.8) is 0 Å². The van der Waals surface area contributed by atoms with E-state index < -0.39 is 17.5 Å². The molecule has 1 saturated heterocycles. The lowest BCUT2D eigenvalue weighted by Gasteiger charge is -2.41. The Morgan fingerprint density at radius 1 is 1.39 bits per heavy atom. The van der Waals surface area contributed by atoms with Gasteiger partial charge < -0.3 is 10.4 Å². The summed E-state index contributed by atoms with van der Waals surface area (Å²) in [4.78, 5) is 37.3. The molecule has 7 nitrogen and oxygen atoms in total. The number of nitrogens with one attached hydrogen (secondary N) is 2. The number of carboxylic acid groups (broad SMARTS) is 1. The first-order valence-electron chi connectivity index (χ1n) is 7.24. The van der Waals surface area contributed by atoms with Crippen LogP contribution in [0.15, 0.2) is 43.0 Å². The second-order valence-electron chi connectivity index (χ2n) is 5.29. The van der Waals surface area contributed by atoms with Crippen molar-refractivity contribution in [3.8, 4) is 0 Å². The molecule has 1 heterocycles. The van der Waals surface area contributed by atoms with E-state index >= 15 is 0 Å². The van der Waals surface area contributed by atoms with Crippen LogP contribution in [0.25, 0.3) is 0 Å². The number of nitrogens with zero attached hydrogens (tertiary/aromatic N) is 1. The van der Waals surface area contributed by atoms with E-state index in [0.29, 0.717) is 12.1 Å².